The normalized spacial score (nSPS) is 18.4. The van der Waals surface area contributed by atoms with Gasteiger partial charge in [-0.2, -0.15) is 5.10 Å². The number of hydrogen-bond donors (Lipinski definition) is 1. The molecule has 0 unspecified atom stereocenters. The Labute approximate surface area is 241 Å². The van der Waals surface area contributed by atoms with Crippen LogP contribution in [0.2, 0.25) is 5.02 Å². The maximum absolute atomic E-state index is 15.1. The number of pyridine rings is 1. The molecule has 1 aromatic carbocycles. The molecule has 216 valence electrons. The fourth-order valence-corrected chi connectivity index (χ4v) is 5.37. The fourth-order valence-electron chi connectivity index (χ4n) is 5.22. The van der Waals surface area contributed by atoms with Gasteiger partial charge in [0.25, 0.3) is 12.3 Å². The Kier molecular flexibility index (Phi) is 6.92. The second kappa shape index (κ2) is 10.5. The lowest BCUT2D eigenvalue weighted by Gasteiger charge is -2.21. The van der Waals surface area contributed by atoms with Crippen LogP contribution in [0.3, 0.4) is 0 Å². The first-order chi connectivity index (χ1) is 20.0. The summed E-state index contributed by atoms with van der Waals surface area (Å²) in [6.45, 7) is 3.96. The first kappa shape index (κ1) is 27.8. The third-order valence-corrected chi connectivity index (χ3v) is 7.85. The fraction of sp³-hybridized carbons (Fsp3) is 0.286. The van der Waals surface area contributed by atoms with Gasteiger partial charge < -0.3 is 5.32 Å². The minimum atomic E-state index is -3.02. The van der Waals surface area contributed by atoms with Crippen LogP contribution in [0.1, 0.15) is 53.1 Å². The molecule has 9 nitrogen and oxygen atoms in total. The van der Waals surface area contributed by atoms with Crippen LogP contribution in [0.5, 0.6) is 0 Å². The summed E-state index contributed by atoms with van der Waals surface area (Å²) in [6.07, 6.45) is 2.86. The van der Waals surface area contributed by atoms with Gasteiger partial charge in [-0.15, -0.1) is 0 Å². The molecule has 2 fully saturated rings. The number of carbonyl (C=O) groups excluding carboxylic acids is 2. The number of alkyl halides is 2. The van der Waals surface area contributed by atoms with Crippen molar-refractivity contribution in [2.24, 2.45) is 11.8 Å². The van der Waals surface area contributed by atoms with Gasteiger partial charge in [-0.05, 0) is 38.3 Å². The van der Waals surface area contributed by atoms with Crippen molar-refractivity contribution in [2.75, 3.05) is 16.8 Å². The van der Waals surface area contributed by atoms with Crippen molar-refractivity contribution in [1.29, 1.82) is 0 Å². The molecule has 42 heavy (non-hydrogen) atoms. The number of amides is 2. The summed E-state index contributed by atoms with van der Waals surface area (Å²) < 4.78 is 58.4. The smallest absolute Gasteiger partial charge is 0.275 e. The zero-order valence-corrected chi connectivity index (χ0v) is 22.9. The summed E-state index contributed by atoms with van der Waals surface area (Å²) in [6, 6.07) is 2.85. The van der Waals surface area contributed by atoms with E-state index in [0.717, 1.165) is 30.9 Å². The predicted octanol–water partition coefficient (Wildman–Crippen LogP) is 5.76. The standard InChI is InChI=1S/C28H22ClF4N7O2/c1-12-17(6-20(30)26(36-12)39-10-14-5-18(14)28(39)42)13(2)40-11-15(7-35-40)37-27(41)22-9-34-8-21(38-22)23-16(25(32)33)3-4-19(29)24(23)31/h3-4,6-9,11,13-14,18,25H,5,10H2,1-2H3,(H,37,41)/t13-,14-,18-/m1/s1. The van der Waals surface area contributed by atoms with Gasteiger partial charge in [0, 0.05) is 41.0 Å². The summed E-state index contributed by atoms with van der Waals surface area (Å²) in [5.74, 6) is -2.28. The van der Waals surface area contributed by atoms with Gasteiger partial charge in [0.1, 0.15) is 5.69 Å². The lowest BCUT2D eigenvalue weighted by atomic mass is 10.0. The Morgan fingerprint density at radius 1 is 1.14 bits per heavy atom. The number of nitrogens with one attached hydrogen (secondary N) is 1. The van der Waals surface area contributed by atoms with E-state index >= 15 is 4.39 Å². The highest BCUT2D eigenvalue weighted by Gasteiger charge is 2.53. The van der Waals surface area contributed by atoms with Crippen LogP contribution < -0.4 is 10.2 Å². The van der Waals surface area contributed by atoms with Crippen molar-refractivity contribution in [3.8, 4) is 11.3 Å². The summed E-state index contributed by atoms with van der Waals surface area (Å²) in [7, 11) is 0. The molecule has 3 atom stereocenters. The van der Waals surface area contributed by atoms with E-state index in [1.807, 2.05) is 0 Å². The highest BCUT2D eigenvalue weighted by Crippen LogP contribution is 2.47. The quantitative estimate of drug-likeness (QED) is 0.271. The van der Waals surface area contributed by atoms with E-state index in [1.165, 1.54) is 28.0 Å². The van der Waals surface area contributed by atoms with Gasteiger partial charge in [-0.3, -0.25) is 24.2 Å². The van der Waals surface area contributed by atoms with Gasteiger partial charge in [0.2, 0.25) is 5.91 Å². The van der Waals surface area contributed by atoms with Crippen LogP contribution >= 0.6 is 11.6 Å². The van der Waals surface area contributed by atoms with E-state index in [4.69, 9.17) is 11.6 Å². The number of carbonyl (C=O) groups is 2. The minimum absolute atomic E-state index is 0.0237. The number of halogens is 5. The van der Waals surface area contributed by atoms with Crippen molar-refractivity contribution in [1.82, 2.24) is 24.7 Å². The molecule has 1 saturated carbocycles. The van der Waals surface area contributed by atoms with Gasteiger partial charge in [-0.1, -0.05) is 17.7 Å². The molecule has 0 radical (unpaired) electrons. The highest BCUT2D eigenvalue weighted by atomic mass is 35.5. The highest BCUT2D eigenvalue weighted by molar-refractivity contribution is 6.31. The SMILES string of the molecule is Cc1nc(N2C[C@H]3C[C@H]3C2=O)c(F)cc1[C@@H](C)n1cc(NC(=O)c2cncc(-c3c(C(F)F)ccc(Cl)c3F)n2)cn1. The molecular weight excluding hydrogens is 578 g/mol. The summed E-state index contributed by atoms with van der Waals surface area (Å²) in [5.41, 5.74) is -0.428. The maximum atomic E-state index is 15.1. The molecule has 1 N–H and O–H groups in total. The molecule has 4 heterocycles. The van der Waals surface area contributed by atoms with E-state index < -0.39 is 41.1 Å². The van der Waals surface area contributed by atoms with Crippen LogP contribution in [0, 0.1) is 30.4 Å². The number of aromatic nitrogens is 5. The second-order valence-electron chi connectivity index (χ2n) is 10.3. The largest absolute Gasteiger partial charge is 0.318 e. The van der Waals surface area contributed by atoms with Crippen molar-refractivity contribution >= 4 is 34.9 Å². The Morgan fingerprint density at radius 3 is 2.64 bits per heavy atom. The molecule has 0 bridgehead atoms. The number of nitrogens with zero attached hydrogens (tertiary/aromatic N) is 6. The summed E-state index contributed by atoms with van der Waals surface area (Å²) >= 11 is 5.79. The third kappa shape index (κ3) is 4.87. The molecule has 0 spiro atoms. The van der Waals surface area contributed by atoms with Crippen molar-refractivity contribution in [2.45, 2.75) is 32.7 Å². The number of hydrogen-bond acceptors (Lipinski definition) is 6. The van der Waals surface area contributed by atoms with Gasteiger partial charge >= 0.3 is 0 Å². The van der Waals surface area contributed by atoms with Crippen molar-refractivity contribution in [3.63, 3.8) is 0 Å². The van der Waals surface area contributed by atoms with Crippen molar-refractivity contribution < 1.29 is 27.2 Å². The number of aryl methyl sites for hydroxylation is 1. The third-order valence-electron chi connectivity index (χ3n) is 7.56. The molecule has 2 amide bonds. The number of piperidine rings is 1. The molecule has 3 aromatic heterocycles. The van der Waals surface area contributed by atoms with Gasteiger partial charge in [0.15, 0.2) is 17.5 Å². The number of anilines is 2. The van der Waals surface area contributed by atoms with Gasteiger partial charge in [-0.25, -0.2) is 27.5 Å². The van der Waals surface area contributed by atoms with E-state index in [0.29, 0.717) is 17.8 Å². The van der Waals surface area contributed by atoms with Crippen LogP contribution in [0.25, 0.3) is 11.3 Å². The molecule has 4 aromatic rings. The van der Waals surface area contributed by atoms with E-state index in [1.54, 1.807) is 13.8 Å². The lowest BCUT2D eigenvalue weighted by Crippen LogP contribution is -2.30. The van der Waals surface area contributed by atoms with Gasteiger partial charge in [0.05, 0.1) is 41.0 Å². The Morgan fingerprint density at radius 2 is 1.93 bits per heavy atom. The molecule has 1 aliphatic carbocycles. The summed E-state index contributed by atoms with van der Waals surface area (Å²) in [5, 5.41) is 6.46. The van der Waals surface area contributed by atoms with Crippen molar-refractivity contribution in [3.05, 3.63) is 82.2 Å². The first-order valence-corrected chi connectivity index (χ1v) is 13.3. The van der Waals surface area contributed by atoms with Crippen LogP contribution in [-0.2, 0) is 4.79 Å². The zero-order valence-electron chi connectivity index (χ0n) is 22.2. The molecule has 1 aliphatic heterocycles. The predicted molar refractivity (Wildman–Crippen MR) is 144 cm³/mol. The molecule has 6 rings (SSSR count). The topological polar surface area (TPSA) is 106 Å². The van der Waals surface area contributed by atoms with Crippen LogP contribution in [0.4, 0.5) is 29.1 Å². The van der Waals surface area contributed by atoms with E-state index in [2.05, 4.69) is 25.4 Å². The Hall–Kier alpha value is -4.39. The van der Waals surface area contributed by atoms with E-state index in [-0.39, 0.29) is 45.7 Å². The average molecular weight is 600 g/mol. The molecule has 2 aliphatic rings. The first-order valence-electron chi connectivity index (χ1n) is 13.0. The Balaban J connectivity index is 1.20. The maximum Gasteiger partial charge on any atom is 0.275 e. The number of rotatable bonds is 7. The van der Waals surface area contributed by atoms with Crippen LogP contribution in [-0.4, -0.2) is 43.1 Å². The average Bonchev–Trinajstić information content (AvgIpc) is 3.46. The number of fused-ring (bicyclic) bond motifs is 1. The monoisotopic (exact) mass is 599 g/mol. The zero-order chi connectivity index (χ0) is 29.9. The van der Waals surface area contributed by atoms with Crippen LogP contribution in [0.15, 0.2) is 43.0 Å². The summed E-state index contributed by atoms with van der Waals surface area (Å²) in [4.78, 5) is 39.0. The van der Waals surface area contributed by atoms with E-state index in [9.17, 15) is 22.8 Å². The molecule has 1 saturated heterocycles. The lowest BCUT2D eigenvalue weighted by molar-refractivity contribution is -0.118. The molecular formula is C28H22ClF4N7O2. The Bertz CT molecular complexity index is 1750. The second-order valence-corrected chi connectivity index (χ2v) is 10.7. The number of benzene rings is 1. The molecule has 14 heteroatoms. The minimum Gasteiger partial charge on any atom is -0.318 e.